The van der Waals surface area contributed by atoms with Gasteiger partial charge in [0.1, 0.15) is 0 Å². The predicted octanol–water partition coefficient (Wildman–Crippen LogP) is 4.04. The van der Waals surface area contributed by atoms with Crippen LogP contribution in [0.4, 0.5) is 0 Å². The van der Waals surface area contributed by atoms with E-state index in [1.54, 1.807) is 22.8 Å². The SMILES string of the molecule is CCOc1cc(/C=C/C(=O)OCCCn2c(=O)[nH]c3ccccc32)cc(Cl)c1OC. The lowest BCUT2D eigenvalue weighted by atomic mass is 10.2. The third-order valence-electron chi connectivity index (χ3n) is 4.40. The highest BCUT2D eigenvalue weighted by Gasteiger charge is 2.11. The first kappa shape index (κ1) is 21.5. The number of esters is 1. The second-order valence-electron chi connectivity index (χ2n) is 6.42. The van der Waals surface area contributed by atoms with Gasteiger partial charge >= 0.3 is 11.7 Å². The summed E-state index contributed by atoms with van der Waals surface area (Å²) >= 11 is 6.21. The average Bonchev–Trinajstić information content (AvgIpc) is 3.05. The molecule has 0 bridgehead atoms. The lowest BCUT2D eigenvalue weighted by molar-refractivity contribution is -0.137. The highest BCUT2D eigenvalue weighted by molar-refractivity contribution is 6.32. The van der Waals surface area contributed by atoms with E-state index in [9.17, 15) is 9.59 Å². The Hall–Kier alpha value is -3.19. The Labute approximate surface area is 178 Å². The van der Waals surface area contributed by atoms with Crippen LogP contribution in [0.2, 0.25) is 5.02 Å². The van der Waals surface area contributed by atoms with Gasteiger partial charge in [-0.2, -0.15) is 0 Å². The summed E-state index contributed by atoms with van der Waals surface area (Å²) in [4.78, 5) is 26.8. The fourth-order valence-corrected chi connectivity index (χ4v) is 3.38. The van der Waals surface area contributed by atoms with Gasteiger partial charge in [0.2, 0.25) is 0 Å². The molecule has 0 saturated heterocycles. The van der Waals surface area contributed by atoms with Crippen LogP contribution in [-0.4, -0.2) is 35.8 Å². The van der Waals surface area contributed by atoms with Crippen molar-refractivity contribution in [2.75, 3.05) is 20.3 Å². The number of aromatic nitrogens is 2. The van der Waals surface area contributed by atoms with E-state index in [4.69, 9.17) is 25.8 Å². The lowest BCUT2D eigenvalue weighted by Gasteiger charge is -2.11. The number of aryl methyl sites for hydroxylation is 1. The first-order valence-corrected chi connectivity index (χ1v) is 9.94. The Morgan fingerprint density at radius 2 is 2.07 bits per heavy atom. The Bertz CT molecular complexity index is 1120. The van der Waals surface area contributed by atoms with Crippen LogP contribution in [0.15, 0.2) is 47.3 Å². The number of carbonyl (C=O) groups excluding carboxylic acids is 1. The maximum absolute atomic E-state index is 12.0. The van der Waals surface area contributed by atoms with Gasteiger partial charge in [0, 0.05) is 12.6 Å². The molecule has 1 N–H and O–H groups in total. The van der Waals surface area contributed by atoms with Crippen molar-refractivity contribution in [3.8, 4) is 11.5 Å². The van der Waals surface area contributed by atoms with Crippen molar-refractivity contribution < 1.29 is 19.0 Å². The minimum atomic E-state index is -0.480. The summed E-state index contributed by atoms with van der Waals surface area (Å²) in [6.07, 6.45) is 3.44. The fourth-order valence-electron chi connectivity index (χ4n) is 3.08. The van der Waals surface area contributed by atoms with Crippen LogP contribution in [0, 0.1) is 0 Å². The van der Waals surface area contributed by atoms with Crippen molar-refractivity contribution in [2.24, 2.45) is 0 Å². The zero-order chi connectivity index (χ0) is 21.5. The third-order valence-corrected chi connectivity index (χ3v) is 4.68. The van der Waals surface area contributed by atoms with Crippen LogP contribution in [0.25, 0.3) is 17.1 Å². The van der Waals surface area contributed by atoms with Gasteiger partial charge < -0.3 is 19.2 Å². The van der Waals surface area contributed by atoms with E-state index < -0.39 is 5.97 Å². The Morgan fingerprint density at radius 3 is 2.83 bits per heavy atom. The molecule has 8 heteroatoms. The van der Waals surface area contributed by atoms with E-state index in [-0.39, 0.29) is 12.3 Å². The molecule has 1 heterocycles. The zero-order valence-corrected chi connectivity index (χ0v) is 17.6. The number of imidazole rings is 1. The maximum Gasteiger partial charge on any atom is 0.330 e. The van der Waals surface area contributed by atoms with Gasteiger partial charge in [-0.3, -0.25) is 4.57 Å². The number of para-hydroxylation sites is 2. The molecule has 1 aromatic heterocycles. The van der Waals surface area contributed by atoms with Crippen molar-refractivity contribution in [3.63, 3.8) is 0 Å². The van der Waals surface area contributed by atoms with Crippen molar-refractivity contribution >= 4 is 34.7 Å². The molecule has 3 rings (SSSR count). The van der Waals surface area contributed by atoms with Gasteiger partial charge in [-0.05, 0) is 49.2 Å². The summed E-state index contributed by atoms with van der Waals surface area (Å²) in [6.45, 7) is 2.97. The number of rotatable bonds is 9. The van der Waals surface area contributed by atoms with Crippen LogP contribution in [0.5, 0.6) is 11.5 Å². The first-order valence-electron chi connectivity index (χ1n) is 9.56. The summed E-state index contributed by atoms with van der Waals surface area (Å²) in [7, 11) is 1.51. The molecule has 0 spiro atoms. The lowest BCUT2D eigenvalue weighted by Crippen LogP contribution is -2.18. The van der Waals surface area contributed by atoms with E-state index in [1.807, 2.05) is 31.2 Å². The molecule has 7 nitrogen and oxygen atoms in total. The number of fused-ring (bicyclic) bond motifs is 1. The van der Waals surface area contributed by atoms with Gasteiger partial charge in [0.05, 0.1) is 36.4 Å². The number of ether oxygens (including phenoxy) is 3. The molecule has 0 unspecified atom stereocenters. The molecule has 158 valence electrons. The molecule has 2 aromatic carbocycles. The third kappa shape index (κ3) is 5.04. The minimum Gasteiger partial charge on any atom is -0.491 e. The molecule has 0 atom stereocenters. The van der Waals surface area contributed by atoms with Crippen LogP contribution in [-0.2, 0) is 16.1 Å². The number of aromatic amines is 1. The molecule has 0 saturated carbocycles. The maximum atomic E-state index is 12.0. The van der Waals surface area contributed by atoms with E-state index in [2.05, 4.69) is 4.98 Å². The van der Waals surface area contributed by atoms with E-state index in [0.717, 1.165) is 11.0 Å². The smallest absolute Gasteiger partial charge is 0.330 e. The summed E-state index contributed by atoms with van der Waals surface area (Å²) in [6, 6.07) is 10.9. The molecule has 3 aromatic rings. The van der Waals surface area contributed by atoms with Crippen LogP contribution < -0.4 is 15.2 Å². The highest BCUT2D eigenvalue weighted by atomic mass is 35.5. The number of hydrogen-bond donors (Lipinski definition) is 1. The number of nitrogens with one attached hydrogen (secondary N) is 1. The molecule has 0 aliphatic carbocycles. The van der Waals surface area contributed by atoms with Crippen molar-refractivity contribution in [1.82, 2.24) is 9.55 Å². The zero-order valence-electron chi connectivity index (χ0n) is 16.8. The Morgan fingerprint density at radius 1 is 1.27 bits per heavy atom. The topological polar surface area (TPSA) is 82.5 Å². The largest absolute Gasteiger partial charge is 0.491 e. The predicted molar refractivity (Wildman–Crippen MR) is 116 cm³/mol. The normalized spacial score (nSPS) is 11.2. The average molecular weight is 431 g/mol. The van der Waals surface area contributed by atoms with E-state index >= 15 is 0 Å². The number of methoxy groups -OCH3 is 1. The first-order chi connectivity index (χ1) is 14.5. The molecule has 30 heavy (non-hydrogen) atoms. The summed E-state index contributed by atoms with van der Waals surface area (Å²) in [5.41, 5.74) is 2.12. The quantitative estimate of drug-likeness (QED) is 0.315. The van der Waals surface area contributed by atoms with Crippen molar-refractivity contribution in [1.29, 1.82) is 0 Å². The molecule has 0 fully saturated rings. The van der Waals surface area contributed by atoms with Crippen molar-refractivity contribution in [2.45, 2.75) is 19.9 Å². The fraction of sp³-hybridized carbons (Fsp3) is 0.273. The van der Waals surface area contributed by atoms with Crippen LogP contribution in [0.1, 0.15) is 18.9 Å². The molecular formula is C22H23ClN2O5. The van der Waals surface area contributed by atoms with Crippen LogP contribution in [0.3, 0.4) is 0 Å². The molecule has 0 aliphatic rings. The number of nitrogens with zero attached hydrogens (tertiary/aromatic N) is 1. The number of halogens is 1. The van der Waals surface area contributed by atoms with Gasteiger partial charge in [-0.15, -0.1) is 0 Å². The standard InChI is InChI=1S/C22H23ClN2O5/c1-3-29-19-14-15(13-16(23)21(19)28-2)9-10-20(26)30-12-6-11-25-18-8-5-4-7-17(18)24-22(25)27/h4-5,7-10,13-14H,3,6,11-12H2,1-2H3,(H,24,27)/b10-9+. The number of hydrogen-bond acceptors (Lipinski definition) is 5. The van der Waals surface area contributed by atoms with Gasteiger partial charge in [0.15, 0.2) is 11.5 Å². The highest BCUT2D eigenvalue weighted by Crippen LogP contribution is 2.36. The number of benzene rings is 2. The van der Waals surface area contributed by atoms with Crippen molar-refractivity contribution in [3.05, 3.63) is 63.5 Å². The molecule has 0 amide bonds. The number of H-pyrrole nitrogens is 1. The summed E-state index contributed by atoms with van der Waals surface area (Å²) in [5, 5.41) is 0.389. The summed E-state index contributed by atoms with van der Waals surface area (Å²) in [5.74, 6) is 0.474. The second kappa shape index (κ2) is 10.0. The Balaban J connectivity index is 1.55. The van der Waals surface area contributed by atoms with Gasteiger partial charge in [-0.25, -0.2) is 9.59 Å². The Kier molecular flexibility index (Phi) is 7.19. The van der Waals surface area contributed by atoms with E-state index in [1.165, 1.54) is 13.2 Å². The van der Waals surface area contributed by atoms with Gasteiger partial charge in [-0.1, -0.05) is 23.7 Å². The molecular weight excluding hydrogens is 408 g/mol. The van der Waals surface area contributed by atoms with Gasteiger partial charge in [0.25, 0.3) is 0 Å². The van der Waals surface area contributed by atoms with Crippen LogP contribution >= 0.6 is 11.6 Å². The molecule has 0 aliphatic heterocycles. The monoisotopic (exact) mass is 430 g/mol. The second-order valence-corrected chi connectivity index (χ2v) is 6.83. The minimum absolute atomic E-state index is 0.177. The number of carbonyl (C=O) groups is 1. The summed E-state index contributed by atoms with van der Waals surface area (Å²) < 4.78 is 17.6. The molecule has 0 radical (unpaired) electrons. The van der Waals surface area contributed by atoms with E-state index in [0.29, 0.717) is 41.7 Å².